The molecule has 1 aromatic carbocycles. The van der Waals surface area contributed by atoms with Crippen LogP contribution in [-0.2, 0) is 16.1 Å². The van der Waals surface area contributed by atoms with Crippen LogP contribution in [0.3, 0.4) is 0 Å². The van der Waals surface area contributed by atoms with E-state index in [2.05, 4.69) is 5.32 Å². The number of ether oxygens (including phenoxy) is 1. The molecular formula is C16H19NO4. The number of carboxylic acids is 1. The Labute approximate surface area is 123 Å². The van der Waals surface area contributed by atoms with Gasteiger partial charge in [0.1, 0.15) is 6.61 Å². The minimum Gasteiger partial charge on any atom is -0.481 e. The zero-order valence-corrected chi connectivity index (χ0v) is 11.7. The Morgan fingerprint density at radius 2 is 1.86 bits per heavy atom. The van der Waals surface area contributed by atoms with Crippen molar-refractivity contribution in [3.05, 3.63) is 35.9 Å². The van der Waals surface area contributed by atoms with Crippen molar-refractivity contribution >= 4 is 12.1 Å². The van der Waals surface area contributed by atoms with Crippen LogP contribution in [0.1, 0.15) is 31.2 Å². The molecule has 2 aliphatic rings. The van der Waals surface area contributed by atoms with Crippen LogP contribution < -0.4 is 5.32 Å². The summed E-state index contributed by atoms with van der Waals surface area (Å²) in [6.45, 7) is 0.269. The molecule has 1 spiro atoms. The molecule has 2 aliphatic carbocycles. The molecule has 0 aromatic heterocycles. The van der Waals surface area contributed by atoms with E-state index in [1.807, 2.05) is 30.3 Å². The maximum atomic E-state index is 11.7. The van der Waals surface area contributed by atoms with Crippen LogP contribution >= 0.6 is 0 Å². The summed E-state index contributed by atoms with van der Waals surface area (Å²) < 4.78 is 5.17. The third-order valence-corrected chi connectivity index (χ3v) is 4.60. The largest absolute Gasteiger partial charge is 0.481 e. The highest BCUT2D eigenvalue weighted by molar-refractivity contribution is 5.72. The number of carbonyl (C=O) groups excluding carboxylic acids is 1. The van der Waals surface area contributed by atoms with Crippen molar-refractivity contribution in [1.29, 1.82) is 0 Å². The molecule has 0 saturated heterocycles. The van der Waals surface area contributed by atoms with Crippen LogP contribution in [0.4, 0.5) is 4.79 Å². The van der Waals surface area contributed by atoms with Gasteiger partial charge in [0.25, 0.3) is 0 Å². The lowest BCUT2D eigenvalue weighted by atomic mass is 9.50. The predicted octanol–water partition coefficient (Wildman–Crippen LogP) is 2.56. The number of hydrogen-bond acceptors (Lipinski definition) is 3. The smallest absolute Gasteiger partial charge is 0.407 e. The van der Waals surface area contributed by atoms with Crippen molar-refractivity contribution in [3.63, 3.8) is 0 Å². The first-order valence-corrected chi connectivity index (χ1v) is 7.26. The van der Waals surface area contributed by atoms with Gasteiger partial charge in [0.2, 0.25) is 0 Å². The topological polar surface area (TPSA) is 75.6 Å². The molecule has 1 amide bonds. The molecule has 0 radical (unpaired) electrons. The Bertz CT molecular complexity index is 528. The molecule has 2 saturated carbocycles. The van der Waals surface area contributed by atoms with E-state index in [4.69, 9.17) is 9.84 Å². The summed E-state index contributed by atoms with van der Waals surface area (Å²) in [4.78, 5) is 22.5. The molecule has 0 bridgehead atoms. The van der Waals surface area contributed by atoms with Crippen LogP contribution in [0.25, 0.3) is 0 Å². The first kappa shape index (κ1) is 13.9. The highest BCUT2D eigenvalue weighted by Gasteiger charge is 2.55. The minimum atomic E-state index is -0.695. The monoisotopic (exact) mass is 289 g/mol. The molecule has 0 unspecified atom stereocenters. The summed E-state index contributed by atoms with van der Waals surface area (Å²) in [5.41, 5.74) is 1.13. The number of nitrogens with one attached hydrogen (secondary N) is 1. The second-order valence-corrected chi connectivity index (χ2v) is 6.25. The SMILES string of the molecule is O=C(NC1CC2(C1)CC(C(=O)O)C2)OCc1ccccc1. The zero-order chi connectivity index (χ0) is 14.9. The zero-order valence-electron chi connectivity index (χ0n) is 11.7. The highest BCUT2D eigenvalue weighted by Crippen LogP contribution is 2.58. The van der Waals surface area contributed by atoms with Gasteiger partial charge in [-0.15, -0.1) is 0 Å². The minimum absolute atomic E-state index is 0.128. The van der Waals surface area contributed by atoms with Gasteiger partial charge in [0.15, 0.2) is 0 Å². The average molecular weight is 289 g/mol. The van der Waals surface area contributed by atoms with Crippen LogP contribution in [0, 0.1) is 11.3 Å². The molecule has 5 heteroatoms. The number of amides is 1. The fraction of sp³-hybridized carbons (Fsp3) is 0.500. The van der Waals surface area contributed by atoms with E-state index in [0.29, 0.717) is 0 Å². The summed E-state index contributed by atoms with van der Waals surface area (Å²) in [5.74, 6) is -0.879. The van der Waals surface area contributed by atoms with Gasteiger partial charge in [-0.3, -0.25) is 4.79 Å². The Hall–Kier alpha value is -2.04. The lowest BCUT2D eigenvalue weighted by Crippen LogP contribution is -2.57. The van der Waals surface area contributed by atoms with Gasteiger partial charge in [-0.25, -0.2) is 4.79 Å². The lowest BCUT2D eigenvalue weighted by molar-refractivity contribution is -0.155. The van der Waals surface area contributed by atoms with Gasteiger partial charge in [0.05, 0.1) is 5.92 Å². The van der Waals surface area contributed by atoms with Crippen molar-refractivity contribution in [2.24, 2.45) is 11.3 Å². The highest BCUT2D eigenvalue weighted by atomic mass is 16.5. The van der Waals surface area contributed by atoms with E-state index in [1.54, 1.807) is 0 Å². The summed E-state index contributed by atoms with van der Waals surface area (Å²) in [5, 5.41) is 11.7. The maximum absolute atomic E-state index is 11.7. The fourth-order valence-corrected chi connectivity index (χ4v) is 3.51. The molecule has 2 N–H and O–H groups in total. The normalized spacial score (nSPS) is 30.1. The molecule has 5 nitrogen and oxygen atoms in total. The number of carboxylic acid groups (broad SMARTS) is 1. The van der Waals surface area contributed by atoms with Crippen LogP contribution in [-0.4, -0.2) is 23.2 Å². The van der Waals surface area contributed by atoms with Gasteiger partial charge in [-0.1, -0.05) is 30.3 Å². The van der Waals surface area contributed by atoms with Crippen molar-refractivity contribution in [2.45, 2.75) is 38.3 Å². The van der Waals surface area contributed by atoms with Crippen LogP contribution in [0.15, 0.2) is 30.3 Å². The van der Waals surface area contributed by atoms with Crippen LogP contribution in [0.5, 0.6) is 0 Å². The van der Waals surface area contributed by atoms with E-state index in [-0.39, 0.29) is 24.0 Å². The van der Waals surface area contributed by atoms with Crippen molar-refractivity contribution < 1.29 is 19.4 Å². The molecular weight excluding hydrogens is 270 g/mol. The first-order valence-electron chi connectivity index (χ1n) is 7.26. The van der Waals surface area contributed by atoms with E-state index < -0.39 is 12.1 Å². The molecule has 0 heterocycles. The van der Waals surface area contributed by atoms with Gasteiger partial charge in [-0.2, -0.15) is 0 Å². The number of aliphatic carboxylic acids is 1. The number of alkyl carbamates (subject to hydrolysis) is 1. The number of carbonyl (C=O) groups is 2. The Morgan fingerprint density at radius 3 is 2.48 bits per heavy atom. The molecule has 2 fully saturated rings. The van der Waals surface area contributed by atoms with E-state index in [0.717, 1.165) is 31.2 Å². The van der Waals surface area contributed by atoms with Gasteiger partial charge >= 0.3 is 12.1 Å². The van der Waals surface area contributed by atoms with E-state index >= 15 is 0 Å². The van der Waals surface area contributed by atoms with Gasteiger partial charge in [0, 0.05) is 6.04 Å². The molecule has 3 rings (SSSR count). The van der Waals surface area contributed by atoms with Crippen LogP contribution in [0.2, 0.25) is 0 Å². The summed E-state index contributed by atoms with van der Waals surface area (Å²) in [6, 6.07) is 9.67. The Kier molecular flexibility index (Phi) is 3.57. The molecule has 112 valence electrons. The third-order valence-electron chi connectivity index (χ3n) is 4.60. The number of rotatable bonds is 4. The Balaban J connectivity index is 1.35. The summed E-state index contributed by atoms with van der Waals surface area (Å²) in [7, 11) is 0. The second kappa shape index (κ2) is 5.39. The quantitative estimate of drug-likeness (QED) is 0.893. The average Bonchev–Trinajstić information content (AvgIpc) is 2.38. The standard InChI is InChI=1S/C16H19NO4/c18-14(19)12-6-16(7-12)8-13(9-16)17-15(20)21-10-11-4-2-1-3-5-11/h1-5,12-13H,6-10H2,(H,17,20)(H,18,19). The molecule has 1 aromatic rings. The lowest BCUT2D eigenvalue weighted by Gasteiger charge is -2.56. The van der Waals surface area contributed by atoms with Gasteiger partial charge < -0.3 is 15.2 Å². The number of hydrogen-bond donors (Lipinski definition) is 2. The third kappa shape index (κ3) is 3.01. The van der Waals surface area contributed by atoms with E-state index in [9.17, 15) is 9.59 Å². The van der Waals surface area contributed by atoms with Crippen molar-refractivity contribution in [1.82, 2.24) is 5.32 Å². The maximum Gasteiger partial charge on any atom is 0.407 e. The molecule has 0 aliphatic heterocycles. The molecule has 0 atom stereocenters. The van der Waals surface area contributed by atoms with Gasteiger partial charge in [-0.05, 0) is 36.7 Å². The van der Waals surface area contributed by atoms with E-state index in [1.165, 1.54) is 0 Å². The van der Waals surface area contributed by atoms with Crippen molar-refractivity contribution in [2.75, 3.05) is 0 Å². The predicted molar refractivity (Wildman–Crippen MR) is 75.6 cm³/mol. The summed E-state index contributed by atoms with van der Waals surface area (Å²) >= 11 is 0. The number of benzene rings is 1. The van der Waals surface area contributed by atoms with Crippen molar-refractivity contribution in [3.8, 4) is 0 Å². The second-order valence-electron chi connectivity index (χ2n) is 6.25. The Morgan fingerprint density at radius 1 is 1.19 bits per heavy atom. The summed E-state index contributed by atoms with van der Waals surface area (Å²) in [6.07, 6.45) is 2.85. The molecule has 21 heavy (non-hydrogen) atoms. The first-order chi connectivity index (χ1) is 10.1. The fourth-order valence-electron chi connectivity index (χ4n) is 3.51.